The molecule has 2 nitrogen and oxygen atoms in total. The van der Waals surface area contributed by atoms with Crippen molar-refractivity contribution in [2.24, 2.45) is 34.5 Å². The molecule has 0 heterocycles. The molecule has 8 atom stereocenters. The van der Waals surface area contributed by atoms with Crippen LogP contribution in [0, 0.1) is 34.5 Å². The lowest BCUT2D eigenvalue weighted by molar-refractivity contribution is -0.170. The van der Waals surface area contributed by atoms with Gasteiger partial charge in [0.15, 0.2) is 16.6 Å². The number of rotatable bonds is 4. The van der Waals surface area contributed by atoms with E-state index in [1.165, 1.54) is 51.4 Å². The van der Waals surface area contributed by atoms with Gasteiger partial charge in [0.25, 0.3) is 0 Å². The van der Waals surface area contributed by atoms with Crippen molar-refractivity contribution in [2.75, 3.05) is 0 Å². The van der Waals surface area contributed by atoms with Crippen LogP contribution in [0.5, 0.6) is 0 Å². The van der Waals surface area contributed by atoms with E-state index < -0.39 is 16.6 Å². The summed E-state index contributed by atoms with van der Waals surface area (Å²) in [6.07, 6.45) is 13.6. The van der Waals surface area contributed by atoms with Crippen molar-refractivity contribution in [1.29, 1.82) is 0 Å². The van der Waals surface area contributed by atoms with E-state index in [0.717, 1.165) is 30.1 Å². The monoisotopic (exact) mass is 436 g/mol. The van der Waals surface area contributed by atoms with E-state index in [2.05, 4.69) is 53.1 Å². The summed E-state index contributed by atoms with van der Waals surface area (Å²) in [7, 11) is -3.12. The van der Waals surface area contributed by atoms with Gasteiger partial charge >= 0.3 is 0 Å². The molecule has 0 aliphatic heterocycles. The van der Waals surface area contributed by atoms with Gasteiger partial charge in [-0.05, 0) is 125 Å². The Morgan fingerprint density at radius 2 is 1.41 bits per heavy atom. The fourth-order valence-corrected chi connectivity index (χ4v) is 10.8. The molecular weight excluding hydrogens is 388 g/mol. The minimum absolute atomic E-state index is 0.367. The molecule has 0 spiro atoms. The Labute approximate surface area is 183 Å². The fourth-order valence-electron chi connectivity index (χ4n) is 8.44. The van der Waals surface area contributed by atoms with Crippen LogP contribution in [-0.2, 0) is 8.85 Å². The zero-order valence-corrected chi connectivity index (χ0v) is 22.6. The van der Waals surface area contributed by atoms with Gasteiger partial charge in [0.1, 0.15) is 0 Å². The van der Waals surface area contributed by atoms with Gasteiger partial charge in [0.05, 0.1) is 6.10 Å². The second-order valence-electron chi connectivity index (χ2n) is 13.6. The predicted molar refractivity (Wildman–Crippen MR) is 128 cm³/mol. The van der Waals surface area contributed by atoms with E-state index in [0.29, 0.717) is 23.0 Å². The standard InChI is InChI=1S/C25H48O2Si2/c1-24-14-9-10-21(24)20-12-11-18-16-19(26-28(3,4)5)17-23(27-29(6,7)8)25(18,2)22(20)13-15-24/h18-23H,9-17H2,1-8H3/t18-,19+,20+,21+,22+,23-,24+,25+/m1/s1. The van der Waals surface area contributed by atoms with E-state index >= 15 is 0 Å². The molecule has 4 saturated carbocycles. The largest absolute Gasteiger partial charge is 0.415 e. The van der Waals surface area contributed by atoms with Crippen LogP contribution in [0.2, 0.25) is 39.3 Å². The highest BCUT2D eigenvalue weighted by molar-refractivity contribution is 6.70. The SMILES string of the molecule is C[C@@]12CCC[C@H]1[C@@H]1CC[C@@H]3C[C@H](O[Si](C)(C)C)C[C@@H](O[Si](C)(C)C)[C@]3(C)[C@H]1CC2. The van der Waals surface area contributed by atoms with E-state index in [-0.39, 0.29) is 0 Å². The van der Waals surface area contributed by atoms with E-state index in [4.69, 9.17) is 8.85 Å². The Morgan fingerprint density at radius 3 is 2.07 bits per heavy atom. The molecule has 4 aliphatic carbocycles. The number of fused-ring (bicyclic) bond motifs is 5. The third-order valence-corrected chi connectivity index (χ3v) is 11.5. The summed E-state index contributed by atoms with van der Waals surface area (Å²) in [6, 6.07) is 0. The molecule has 29 heavy (non-hydrogen) atoms. The zero-order valence-electron chi connectivity index (χ0n) is 20.6. The minimum atomic E-state index is -1.60. The van der Waals surface area contributed by atoms with Gasteiger partial charge < -0.3 is 8.85 Å². The topological polar surface area (TPSA) is 18.5 Å². The minimum Gasteiger partial charge on any atom is -0.415 e. The van der Waals surface area contributed by atoms with Gasteiger partial charge in [0, 0.05) is 6.10 Å². The molecule has 4 aliphatic rings. The maximum absolute atomic E-state index is 7.06. The molecule has 0 bridgehead atoms. The third-order valence-electron chi connectivity index (χ3n) is 9.48. The summed E-state index contributed by atoms with van der Waals surface area (Å²) < 4.78 is 13.8. The molecule has 4 heteroatoms. The van der Waals surface area contributed by atoms with Crippen molar-refractivity contribution < 1.29 is 8.85 Å². The average molecular weight is 437 g/mol. The Kier molecular flexibility index (Phi) is 5.79. The molecule has 168 valence electrons. The van der Waals surface area contributed by atoms with Gasteiger partial charge in [-0.15, -0.1) is 0 Å². The van der Waals surface area contributed by atoms with Crippen molar-refractivity contribution in [3.05, 3.63) is 0 Å². The summed E-state index contributed by atoms with van der Waals surface area (Å²) in [6.45, 7) is 19.5. The summed E-state index contributed by atoms with van der Waals surface area (Å²) in [4.78, 5) is 0. The molecule has 0 amide bonds. The van der Waals surface area contributed by atoms with Crippen molar-refractivity contribution in [1.82, 2.24) is 0 Å². The lowest BCUT2D eigenvalue weighted by atomic mass is 9.44. The first-order valence-electron chi connectivity index (χ1n) is 12.7. The van der Waals surface area contributed by atoms with Crippen molar-refractivity contribution in [3.8, 4) is 0 Å². The highest BCUT2D eigenvalue weighted by atomic mass is 28.4. The molecule has 4 fully saturated rings. The zero-order chi connectivity index (χ0) is 21.2. The molecule has 0 radical (unpaired) electrons. The van der Waals surface area contributed by atoms with Gasteiger partial charge in [-0.25, -0.2) is 0 Å². The van der Waals surface area contributed by atoms with Crippen LogP contribution in [0.15, 0.2) is 0 Å². The van der Waals surface area contributed by atoms with Crippen molar-refractivity contribution in [2.45, 2.75) is 123 Å². The van der Waals surface area contributed by atoms with Gasteiger partial charge in [0.2, 0.25) is 0 Å². The average Bonchev–Trinajstić information content (AvgIpc) is 2.95. The maximum Gasteiger partial charge on any atom is 0.184 e. The highest BCUT2D eigenvalue weighted by Crippen LogP contribution is 2.66. The second-order valence-corrected chi connectivity index (χ2v) is 22.6. The quantitative estimate of drug-likeness (QED) is 0.425. The van der Waals surface area contributed by atoms with Crippen LogP contribution in [0.4, 0.5) is 0 Å². The Balaban J connectivity index is 1.64. The van der Waals surface area contributed by atoms with Crippen LogP contribution in [0.3, 0.4) is 0 Å². The molecule has 0 N–H and O–H groups in total. The first kappa shape index (κ1) is 22.5. The van der Waals surface area contributed by atoms with Crippen LogP contribution < -0.4 is 0 Å². The van der Waals surface area contributed by atoms with Gasteiger partial charge in [-0.1, -0.05) is 20.3 Å². The summed E-state index contributed by atoms with van der Waals surface area (Å²) in [5, 5.41) is 0. The number of hydrogen-bond donors (Lipinski definition) is 0. The molecule has 0 aromatic carbocycles. The lowest BCUT2D eigenvalue weighted by Gasteiger charge is -2.63. The normalized spacial score (nSPS) is 48.0. The first-order chi connectivity index (χ1) is 13.3. The second kappa shape index (κ2) is 7.45. The summed E-state index contributed by atoms with van der Waals surface area (Å²) >= 11 is 0. The summed E-state index contributed by atoms with van der Waals surface area (Å²) in [5.41, 5.74) is 1.02. The highest BCUT2D eigenvalue weighted by Gasteiger charge is 2.61. The van der Waals surface area contributed by atoms with Gasteiger partial charge in [-0.2, -0.15) is 0 Å². The van der Waals surface area contributed by atoms with Crippen molar-refractivity contribution in [3.63, 3.8) is 0 Å². The Morgan fingerprint density at radius 1 is 0.724 bits per heavy atom. The van der Waals surface area contributed by atoms with E-state index in [9.17, 15) is 0 Å². The smallest absolute Gasteiger partial charge is 0.184 e. The predicted octanol–water partition coefficient (Wildman–Crippen LogP) is 7.47. The maximum atomic E-state index is 7.06. The van der Waals surface area contributed by atoms with Crippen LogP contribution in [0.25, 0.3) is 0 Å². The van der Waals surface area contributed by atoms with Gasteiger partial charge in [-0.3, -0.25) is 0 Å². The van der Waals surface area contributed by atoms with E-state index in [1.807, 2.05) is 0 Å². The Bertz CT molecular complexity index is 609. The van der Waals surface area contributed by atoms with Crippen LogP contribution in [-0.4, -0.2) is 28.8 Å². The summed E-state index contributed by atoms with van der Waals surface area (Å²) in [5.74, 6) is 3.62. The van der Waals surface area contributed by atoms with Crippen LogP contribution in [0.1, 0.15) is 71.6 Å². The molecule has 0 aromatic heterocycles. The molecule has 0 saturated heterocycles. The van der Waals surface area contributed by atoms with E-state index in [1.54, 1.807) is 0 Å². The van der Waals surface area contributed by atoms with Crippen molar-refractivity contribution >= 4 is 16.6 Å². The number of hydrogen-bond acceptors (Lipinski definition) is 2. The lowest BCUT2D eigenvalue weighted by Crippen LogP contribution is -2.61. The first-order valence-corrected chi connectivity index (χ1v) is 19.5. The fraction of sp³-hybridized carbons (Fsp3) is 1.00. The third kappa shape index (κ3) is 4.21. The van der Waals surface area contributed by atoms with Crippen LogP contribution >= 0.6 is 0 Å². The molecule has 0 unspecified atom stereocenters. The molecule has 0 aromatic rings. The molecular formula is C25H48O2Si2. The molecule has 4 rings (SSSR count). The Hall–Kier alpha value is 0.354.